The van der Waals surface area contributed by atoms with Gasteiger partial charge in [-0.2, -0.15) is 5.26 Å². The molecule has 0 saturated carbocycles. The van der Waals surface area contributed by atoms with Crippen molar-refractivity contribution in [2.24, 2.45) is 0 Å². The van der Waals surface area contributed by atoms with E-state index in [4.69, 9.17) is 5.26 Å². The quantitative estimate of drug-likeness (QED) is 0.928. The van der Waals surface area contributed by atoms with Crippen LogP contribution in [0.25, 0.3) is 0 Å². The minimum Gasteiger partial charge on any atom is -0.277 e. The maximum Gasteiger partial charge on any atom is 0.261 e. The van der Waals surface area contributed by atoms with Crippen molar-refractivity contribution in [1.29, 1.82) is 5.26 Å². The number of nitrogens with one attached hydrogen (secondary N) is 1. The lowest BCUT2D eigenvalue weighted by atomic mass is 10.2. The zero-order valence-corrected chi connectivity index (χ0v) is 10.4. The van der Waals surface area contributed by atoms with Crippen molar-refractivity contribution < 1.29 is 12.8 Å². The minimum atomic E-state index is -3.89. The highest BCUT2D eigenvalue weighted by Gasteiger charge is 2.15. The van der Waals surface area contributed by atoms with E-state index in [-0.39, 0.29) is 10.6 Å². The number of sulfonamides is 1. The van der Waals surface area contributed by atoms with Crippen molar-refractivity contribution in [2.75, 3.05) is 4.72 Å². The van der Waals surface area contributed by atoms with Gasteiger partial charge in [-0.05, 0) is 30.3 Å². The van der Waals surface area contributed by atoms with Crippen molar-refractivity contribution >= 4 is 15.7 Å². The Hall–Kier alpha value is -2.46. The topological polar surface area (TPSA) is 82.8 Å². The number of rotatable bonds is 3. The van der Waals surface area contributed by atoms with Crippen LogP contribution < -0.4 is 4.72 Å². The molecule has 0 aliphatic heterocycles. The van der Waals surface area contributed by atoms with Gasteiger partial charge in [0.15, 0.2) is 5.82 Å². The molecule has 7 heteroatoms. The summed E-state index contributed by atoms with van der Waals surface area (Å²) in [6.07, 6.45) is 2.19. The first-order valence-electron chi connectivity index (χ1n) is 5.15. The van der Waals surface area contributed by atoms with Gasteiger partial charge in [0.25, 0.3) is 10.0 Å². The molecule has 1 aromatic carbocycles. The van der Waals surface area contributed by atoms with E-state index in [2.05, 4.69) is 9.71 Å². The number of hydrogen-bond acceptors (Lipinski definition) is 4. The second-order valence-corrected chi connectivity index (χ2v) is 5.28. The van der Waals surface area contributed by atoms with Gasteiger partial charge >= 0.3 is 0 Å². The molecule has 0 spiro atoms. The van der Waals surface area contributed by atoms with Gasteiger partial charge in [-0.1, -0.05) is 0 Å². The van der Waals surface area contributed by atoms with Gasteiger partial charge in [-0.25, -0.2) is 12.8 Å². The lowest BCUT2D eigenvalue weighted by molar-refractivity contribution is 0.598. The predicted molar refractivity (Wildman–Crippen MR) is 66.2 cm³/mol. The third-order valence-electron chi connectivity index (χ3n) is 2.31. The highest BCUT2D eigenvalue weighted by Crippen LogP contribution is 2.18. The fourth-order valence-corrected chi connectivity index (χ4v) is 2.44. The third-order valence-corrected chi connectivity index (χ3v) is 3.69. The Labute approximate surface area is 109 Å². The van der Waals surface area contributed by atoms with Crippen molar-refractivity contribution in [3.63, 3.8) is 0 Å². The first-order chi connectivity index (χ1) is 9.03. The smallest absolute Gasteiger partial charge is 0.261 e. The third kappa shape index (κ3) is 2.86. The number of halogens is 1. The van der Waals surface area contributed by atoms with Crippen LogP contribution >= 0.6 is 0 Å². The van der Waals surface area contributed by atoms with E-state index in [1.807, 2.05) is 6.07 Å². The summed E-state index contributed by atoms with van der Waals surface area (Å²) in [5.74, 6) is -0.764. The number of pyridine rings is 1. The second-order valence-electron chi connectivity index (χ2n) is 3.60. The predicted octanol–water partition coefficient (Wildman–Crippen LogP) is 1.89. The molecule has 0 fully saturated rings. The molecule has 5 nitrogen and oxygen atoms in total. The molecule has 0 radical (unpaired) electrons. The van der Waals surface area contributed by atoms with E-state index in [0.29, 0.717) is 5.56 Å². The van der Waals surface area contributed by atoms with E-state index in [1.165, 1.54) is 36.5 Å². The zero-order valence-electron chi connectivity index (χ0n) is 9.54. The van der Waals surface area contributed by atoms with Crippen LogP contribution in [0.15, 0.2) is 47.6 Å². The van der Waals surface area contributed by atoms with Gasteiger partial charge in [0.2, 0.25) is 0 Å². The minimum absolute atomic E-state index is 0.0530. The average Bonchev–Trinajstić information content (AvgIpc) is 2.41. The van der Waals surface area contributed by atoms with Crippen LogP contribution in [0.2, 0.25) is 0 Å². The Kier molecular flexibility index (Phi) is 3.44. The summed E-state index contributed by atoms with van der Waals surface area (Å²) in [4.78, 5) is 3.47. The number of aromatic nitrogens is 1. The van der Waals surface area contributed by atoms with Crippen LogP contribution in [0, 0.1) is 17.1 Å². The standard InChI is InChI=1S/C12H8FN3O2S/c13-11-8-15-6-5-12(11)16-19(17,18)10-3-1-9(7-14)2-4-10/h1-6,8H,(H,15,16). The fourth-order valence-electron chi connectivity index (χ4n) is 1.37. The SMILES string of the molecule is N#Cc1ccc(S(=O)(=O)Nc2ccncc2F)cc1. The molecular weight excluding hydrogens is 269 g/mol. The summed E-state index contributed by atoms with van der Waals surface area (Å²) in [6.45, 7) is 0. The summed E-state index contributed by atoms with van der Waals surface area (Å²) in [6, 6.07) is 8.40. The molecule has 2 rings (SSSR count). The molecule has 2 aromatic rings. The van der Waals surface area contributed by atoms with Crippen molar-refractivity contribution in [3.05, 3.63) is 54.1 Å². The average molecular weight is 277 g/mol. The lowest BCUT2D eigenvalue weighted by Crippen LogP contribution is -2.14. The Bertz CT molecular complexity index is 736. The van der Waals surface area contributed by atoms with Gasteiger partial charge < -0.3 is 0 Å². The molecule has 19 heavy (non-hydrogen) atoms. The van der Waals surface area contributed by atoms with E-state index < -0.39 is 15.8 Å². The Morgan fingerprint density at radius 3 is 2.47 bits per heavy atom. The normalized spacial score (nSPS) is 10.7. The number of nitrogens with zero attached hydrogens (tertiary/aromatic N) is 2. The van der Waals surface area contributed by atoms with Crippen LogP contribution in [0.3, 0.4) is 0 Å². The van der Waals surface area contributed by atoms with Gasteiger partial charge in [0.1, 0.15) is 0 Å². The maximum atomic E-state index is 13.3. The molecule has 0 saturated heterocycles. The van der Waals surface area contributed by atoms with E-state index in [0.717, 1.165) is 6.20 Å². The van der Waals surface area contributed by atoms with Crippen molar-refractivity contribution in [2.45, 2.75) is 4.90 Å². The van der Waals surface area contributed by atoms with Gasteiger partial charge in [0.05, 0.1) is 28.4 Å². The molecular formula is C12H8FN3O2S. The molecule has 0 atom stereocenters. The molecule has 1 heterocycles. The summed E-state index contributed by atoms with van der Waals surface area (Å²) in [5.41, 5.74) is 0.161. The molecule has 1 aromatic heterocycles. The van der Waals surface area contributed by atoms with Crippen LogP contribution in [0.5, 0.6) is 0 Å². The lowest BCUT2D eigenvalue weighted by Gasteiger charge is -2.08. The van der Waals surface area contributed by atoms with Crippen LogP contribution in [-0.2, 0) is 10.0 Å². The largest absolute Gasteiger partial charge is 0.277 e. The van der Waals surface area contributed by atoms with Gasteiger partial charge in [-0.15, -0.1) is 0 Å². The Morgan fingerprint density at radius 1 is 1.21 bits per heavy atom. The fraction of sp³-hybridized carbons (Fsp3) is 0. The molecule has 0 bridgehead atoms. The van der Waals surface area contributed by atoms with Crippen molar-refractivity contribution in [3.8, 4) is 6.07 Å². The van der Waals surface area contributed by atoms with Crippen molar-refractivity contribution in [1.82, 2.24) is 4.98 Å². The Balaban J connectivity index is 2.33. The maximum absolute atomic E-state index is 13.3. The molecule has 0 amide bonds. The van der Waals surface area contributed by atoms with E-state index in [1.54, 1.807) is 0 Å². The number of nitriles is 1. The number of hydrogen-bond donors (Lipinski definition) is 1. The molecule has 0 aliphatic carbocycles. The number of anilines is 1. The first-order valence-corrected chi connectivity index (χ1v) is 6.64. The first kappa shape index (κ1) is 13.0. The van der Waals surface area contributed by atoms with Crippen LogP contribution in [0.4, 0.5) is 10.1 Å². The van der Waals surface area contributed by atoms with Gasteiger partial charge in [0, 0.05) is 6.20 Å². The molecule has 0 aliphatic rings. The highest BCUT2D eigenvalue weighted by atomic mass is 32.2. The number of benzene rings is 1. The van der Waals surface area contributed by atoms with Crippen LogP contribution in [0.1, 0.15) is 5.56 Å². The molecule has 1 N–H and O–H groups in total. The summed E-state index contributed by atoms with van der Waals surface area (Å²) < 4.78 is 39.4. The second kappa shape index (κ2) is 5.04. The molecule has 0 unspecified atom stereocenters. The summed E-state index contributed by atoms with van der Waals surface area (Å²) in [5, 5.41) is 8.63. The van der Waals surface area contributed by atoms with Crippen LogP contribution in [-0.4, -0.2) is 13.4 Å². The van der Waals surface area contributed by atoms with E-state index in [9.17, 15) is 12.8 Å². The van der Waals surface area contributed by atoms with E-state index >= 15 is 0 Å². The Morgan fingerprint density at radius 2 is 1.89 bits per heavy atom. The molecule has 96 valence electrons. The highest BCUT2D eigenvalue weighted by molar-refractivity contribution is 7.92. The summed E-state index contributed by atoms with van der Waals surface area (Å²) in [7, 11) is -3.89. The van der Waals surface area contributed by atoms with Gasteiger partial charge in [-0.3, -0.25) is 9.71 Å². The monoisotopic (exact) mass is 277 g/mol. The zero-order chi connectivity index (χ0) is 13.9. The summed E-state index contributed by atoms with van der Waals surface area (Å²) >= 11 is 0.